The van der Waals surface area contributed by atoms with Crippen LogP contribution in [0.25, 0.3) is 0 Å². The van der Waals surface area contributed by atoms with Crippen molar-refractivity contribution < 1.29 is 74.5 Å². The van der Waals surface area contributed by atoms with E-state index in [1.54, 1.807) is 0 Å². The van der Waals surface area contributed by atoms with Crippen LogP contribution in [0.3, 0.4) is 0 Å². The third-order valence-corrected chi connectivity index (χ3v) is 2.94. The molecule has 1 aromatic rings. The largest absolute Gasteiger partial charge is 1.00 e. The summed E-state index contributed by atoms with van der Waals surface area (Å²) < 4.78 is 41.3. The van der Waals surface area contributed by atoms with Crippen molar-refractivity contribution in [1.82, 2.24) is 0 Å². The molecule has 0 bridgehead atoms. The van der Waals surface area contributed by atoms with Crippen LogP contribution < -0.4 is 44.7 Å². The van der Waals surface area contributed by atoms with Crippen LogP contribution in [0.5, 0.6) is 5.75 Å². The Kier molecular flexibility index (Phi) is 5.51. The van der Waals surface area contributed by atoms with Gasteiger partial charge in [-0.15, -0.1) is 0 Å². The maximum atomic E-state index is 11.2. The van der Waals surface area contributed by atoms with Gasteiger partial charge in [0.25, 0.3) is 0 Å². The first-order valence-electron chi connectivity index (χ1n) is 8.42. The van der Waals surface area contributed by atoms with E-state index in [1.165, 1.54) is 0 Å². The summed E-state index contributed by atoms with van der Waals surface area (Å²) in [6.45, 7) is 1.11. The van der Waals surface area contributed by atoms with Crippen molar-refractivity contribution in [2.24, 2.45) is 0 Å². The molecule has 2 rings (SSSR count). The predicted octanol–water partition coefficient (Wildman–Crippen LogP) is -5.41. The minimum atomic E-state index is -2.07. The number of nitrogens with one attached hydrogen (secondary N) is 1. The summed E-state index contributed by atoms with van der Waals surface area (Å²) in [4.78, 5) is 22.1. The Labute approximate surface area is 165 Å². The molecular weight excluding hydrogens is 333 g/mol. The fourth-order valence-corrected chi connectivity index (χ4v) is 1.85. The number of rotatable bonds is 4. The molecule has 126 valence electrons. The van der Waals surface area contributed by atoms with Crippen molar-refractivity contribution in [3.05, 3.63) is 24.2 Å². The topological polar surface area (TPSA) is 148 Å². The Morgan fingerprint density at radius 2 is 1.79 bits per heavy atom. The number of ether oxygens (including phenoxy) is 2. The zero-order valence-electron chi connectivity index (χ0n) is 16.8. The van der Waals surface area contributed by atoms with E-state index in [4.69, 9.17) is 15.0 Å². The smallest absolute Gasteiger partial charge is 0.547 e. The molecule has 1 heterocycles. The van der Waals surface area contributed by atoms with Crippen molar-refractivity contribution in [2.75, 3.05) is 5.32 Å². The van der Waals surface area contributed by atoms with Gasteiger partial charge in [-0.1, -0.05) is 0 Å². The average Bonchev–Trinajstić information content (AvgIpc) is 2.60. The second-order valence-corrected chi connectivity index (χ2v) is 4.72. The number of carbonyl (C=O) groups is 2. The quantitative estimate of drug-likeness (QED) is 0.392. The Balaban J connectivity index is 0.00000392. The first-order valence-corrected chi connectivity index (χ1v) is 6.42. The normalized spacial score (nSPS) is 31.6. The molecule has 1 aliphatic rings. The van der Waals surface area contributed by atoms with Gasteiger partial charge in [0.1, 0.15) is 30.2 Å². The minimum absolute atomic E-state index is 0. The number of anilines is 1. The third kappa shape index (κ3) is 4.90. The summed E-state index contributed by atoms with van der Waals surface area (Å²) in [6, 6.07) is -2.82. The number of carboxylic acid groups (broad SMARTS) is 1. The molecule has 24 heavy (non-hydrogen) atoms. The van der Waals surface area contributed by atoms with E-state index in [-0.39, 0.29) is 29.6 Å². The number of aliphatic hydroxyl groups excluding tert-OH is 3. The van der Waals surface area contributed by atoms with E-state index in [0.717, 1.165) is 6.92 Å². The van der Waals surface area contributed by atoms with Crippen LogP contribution in [-0.2, 0) is 14.3 Å². The molecule has 1 aromatic carbocycles. The fourth-order valence-electron chi connectivity index (χ4n) is 1.85. The molecule has 0 spiro atoms. The predicted molar refractivity (Wildman–Crippen MR) is 73.1 cm³/mol. The van der Waals surface area contributed by atoms with Crippen LogP contribution in [0.15, 0.2) is 24.2 Å². The van der Waals surface area contributed by atoms with E-state index in [0.29, 0.717) is 0 Å². The second kappa shape index (κ2) is 8.77. The van der Waals surface area contributed by atoms with Gasteiger partial charge >= 0.3 is 29.6 Å². The second-order valence-electron chi connectivity index (χ2n) is 4.72. The summed E-state index contributed by atoms with van der Waals surface area (Å²) in [6.07, 6.45) is -9.99. The van der Waals surface area contributed by atoms with Gasteiger partial charge in [0, 0.05) is 12.6 Å². The molecule has 0 radical (unpaired) electrons. The van der Waals surface area contributed by atoms with Gasteiger partial charge in [-0.2, -0.15) is 0 Å². The third-order valence-electron chi connectivity index (χ3n) is 2.94. The van der Waals surface area contributed by atoms with E-state index >= 15 is 0 Å². The number of amides is 1. The number of benzene rings is 1. The molecule has 1 amide bonds. The van der Waals surface area contributed by atoms with Gasteiger partial charge in [0.05, 0.1) is 11.5 Å². The number of carbonyl (C=O) groups excluding carboxylic acids is 2. The van der Waals surface area contributed by atoms with E-state index in [2.05, 4.69) is 5.32 Å². The summed E-state index contributed by atoms with van der Waals surface area (Å²) in [5.74, 6) is -3.25. The average molecular weight is 353 g/mol. The van der Waals surface area contributed by atoms with E-state index < -0.39 is 78.2 Å². The van der Waals surface area contributed by atoms with Gasteiger partial charge in [-0.25, -0.2) is 0 Å². The van der Waals surface area contributed by atoms with Crippen molar-refractivity contribution in [3.63, 3.8) is 0 Å². The van der Waals surface area contributed by atoms with Gasteiger partial charge in [0.2, 0.25) is 12.2 Å². The summed E-state index contributed by atoms with van der Waals surface area (Å²) in [5, 5.41) is 42.4. The molecule has 5 atom stereocenters. The summed E-state index contributed by atoms with van der Waals surface area (Å²) >= 11 is 0. The number of carboxylic acids is 1. The van der Waals surface area contributed by atoms with Crippen LogP contribution in [0.1, 0.15) is 12.4 Å². The minimum Gasteiger partial charge on any atom is -0.547 e. The Hall–Kier alpha value is -1.20. The fraction of sp³-hybridized carbons (Fsp3) is 0.429. The van der Waals surface area contributed by atoms with Crippen LogP contribution in [0.2, 0.25) is 0 Å². The molecule has 0 aliphatic carbocycles. The molecule has 0 unspecified atom stereocenters. The van der Waals surface area contributed by atoms with Crippen molar-refractivity contribution in [2.45, 2.75) is 37.6 Å². The van der Waals surface area contributed by atoms with Crippen LogP contribution in [-0.4, -0.2) is 57.9 Å². The zero-order chi connectivity index (χ0) is 20.6. The monoisotopic (exact) mass is 353 g/mol. The molecule has 1 fully saturated rings. The Bertz CT molecular complexity index is 753. The van der Waals surface area contributed by atoms with Gasteiger partial charge in [-0.05, 0) is 24.2 Å². The van der Waals surface area contributed by atoms with Gasteiger partial charge in [0.15, 0.2) is 0 Å². The van der Waals surface area contributed by atoms with E-state index in [1.807, 2.05) is 0 Å². The number of hydrogen-bond donors (Lipinski definition) is 4. The first-order chi connectivity index (χ1) is 12.5. The maximum absolute atomic E-state index is 11.2. The Morgan fingerprint density at radius 1 is 1.21 bits per heavy atom. The molecule has 9 nitrogen and oxygen atoms in total. The summed E-state index contributed by atoms with van der Waals surface area (Å²) in [7, 11) is 0. The van der Waals surface area contributed by atoms with Crippen LogP contribution in [0.4, 0.5) is 5.69 Å². The molecular formula is C14H16NNaO8. The first kappa shape index (κ1) is 15.1. The van der Waals surface area contributed by atoms with Gasteiger partial charge in [-0.3, -0.25) is 4.79 Å². The molecule has 1 aliphatic heterocycles. The van der Waals surface area contributed by atoms with Crippen molar-refractivity contribution in [3.8, 4) is 5.75 Å². The Morgan fingerprint density at radius 3 is 2.29 bits per heavy atom. The zero-order valence-corrected chi connectivity index (χ0v) is 14.8. The standard InChI is InChI=1S/C14H17NO8.Na/c1-6(16)15-7-2-4-8(5-3-7)22-14-11(19)9(17)10(18)12(23-14)13(20)21;/h2-5,9-12,14,17-19H,1H3,(H,15,16)(H,20,21);/q;+1/p-1/t9-,10-,11+,12-,14+;/m0./s1/i2D,3D,4D,5D;. The van der Waals surface area contributed by atoms with Gasteiger partial charge < -0.3 is 40.0 Å². The molecule has 10 heteroatoms. The number of aliphatic carboxylic acids is 1. The molecule has 0 aromatic heterocycles. The maximum Gasteiger partial charge on any atom is 1.00 e. The number of hydrogen-bond acceptors (Lipinski definition) is 8. The molecule has 4 N–H and O–H groups in total. The summed E-state index contributed by atoms with van der Waals surface area (Å²) in [5.41, 5.74) is -0.405. The molecule has 0 saturated carbocycles. The van der Waals surface area contributed by atoms with Crippen LogP contribution >= 0.6 is 0 Å². The van der Waals surface area contributed by atoms with Crippen molar-refractivity contribution in [1.29, 1.82) is 0 Å². The SMILES string of the molecule is [2H]c1c([2H])c(O[C@@H]2O[C@H](C(=O)[O-])[C@@H](O)[C@H](O)[C@H]2O)c([2H])c([2H])c1NC(C)=O.[Na+]. The number of aliphatic hydroxyl groups is 3. The van der Waals surface area contributed by atoms with E-state index in [9.17, 15) is 30.0 Å². The van der Waals surface area contributed by atoms with Crippen molar-refractivity contribution >= 4 is 17.6 Å². The van der Waals surface area contributed by atoms with Crippen LogP contribution in [0, 0.1) is 0 Å². The molecule has 1 saturated heterocycles.